The lowest BCUT2D eigenvalue weighted by atomic mass is 9.95. The fourth-order valence-electron chi connectivity index (χ4n) is 2.97. The van der Waals surface area contributed by atoms with Gasteiger partial charge in [0.05, 0.1) is 7.11 Å². The molecule has 0 atom stereocenters. The molecule has 0 aromatic heterocycles. The third-order valence-electron chi connectivity index (χ3n) is 4.50. The molecule has 120 valence electrons. The number of methoxy groups -OCH3 is 1. The smallest absolute Gasteiger partial charge is 0.223 e. The highest BCUT2D eigenvalue weighted by atomic mass is 19.1. The third kappa shape index (κ3) is 3.77. The number of halogens is 1. The van der Waals surface area contributed by atoms with Crippen LogP contribution in [0.15, 0.2) is 18.2 Å². The van der Waals surface area contributed by atoms with Crippen molar-refractivity contribution in [3.8, 4) is 5.75 Å². The molecule has 1 aromatic rings. The maximum atomic E-state index is 13.7. The van der Waals surface area contributed by atoms with E-state index in [0.29, 0.717) is 6.04 Å². The zero-order chi connectivity index (χ0) is 15.5. The zero-order valence-electron chi connectivity index (χ0n) is 13.0. The number of nitrogens with zero attached hydrogens (tertiary/aromatic N) is 1. The van der Waals surface area contributed by atoms with E-state index < -0.39 is 0 Å². The molecule has 0 radical (unpaired) electrons. The van der Waals surface area contributed by atoms with Gasteiger partial charge >= 0.3 is 0 Å². The fourth-order valence-corrected chi connectivity index (χ4v) is 2.97. The molecule has 1 saturated carbocycles. The summed E-state index contributed by atoms with van der Waals surface area (Å²) in [5, 5.41) is 3.09. The molecule has 1 aliphatic carbocycles. The Morgan fingerprint density at radius 2 is 2.05 bits per heavy atom. The van der Waals surface area contributed by atoms with Crippen LogP contribution in [0.2, 0.25) is 0 Å². The van der Waals surface area contributed by atoms with Gasteiger partial charge < -0.3 is 10.1 Å². The normalized spacial score (nSPS) is 19.9. The average molecular weight is 306 g/mol. The van der Waals surface area contributed by atoms with Crippen molar-refractivity contribution in [3.05, 3.63) is 29.6 Å². The van der Waals surface area contributed by atoms with Crippen LogP contribution in [-0.2, 0) is 11.3 Å². The summed E-state index contributed by atoms with van der Waals surface area (Å²) in [4.78, 5) is 14.3. The van der Waals surface area contributed by atoms with Gasteiger partial charge in [-0.2, -0.15) is 0 Å². The number of likely N-dealkylation sites (tertiary alicyclic amines) is 1. The highest BCUT2D eigenvalue weighted by molar-refractivity contribution is 5.79. The minimum absolute atomic E-state index is 0.143. The number of carbonyl (C=O) groups is 1. The van der Waals surface area contributed by atoms with Crippen LogP contribution in [-0.4, -0.2) is 37.0 Å². The van der Waals surface area contributed by atoms with E-state index >= 15 is 0 Å². The average Bonchev–Trinajstić information content (AvgIpc) is 3.32. The summed E-state index contributed by atoms with van der Waals surface area (Å²) in [6, 6.07) is 5.53. The Hall–Kier alpha value is -1.62. The Kier molecular flexibility index (Phi) is 4.62. The summed E-state index contributed by atoms with van der Waals surface area (Å²) in [5.74, 6) is 0.319. The van der Waals surface area contributed by atoms with E-state index in [-0.39, 0.29) is 23.4 Å². The van der Waals surface area contributed by atoms with Gasteiger partial charge in [-0.3, -0.25) is 9.69 Å². The Balaban J connectivity index is 1.49. The first kappa shape index (κ1) is 15.3. The summed E-state index contributed by atoms with van der Waals surface area (Å²) in [5.41, 5.74) is 0.944. The molecule has 1 aliphatic heterocycles. The maximum Gasteiger partial charge on any atom is 0.223 e. The third-order valence-corrected chi connectivity index (χ3v) is 4.50. The van der Waals surface area contributed by atoms with E-state index in [4.69, 9.17) is 4.74 Å². The molecule has 2 fully saturated rings. The summed E-state index contributed by atoms with van der Waals surface area (Å²) < 4.78 is 18.6. The predicted octanol–water partition coefficient (Wildman–Crippen LogP) is 2.32. The molecule has 0 spiro atoms. The van der Waals surface area contributed by atoms with Crippen LogP contribution < -0.4 is 10.1 Å². The number of carbonyl (C=O) groups excluding carboxylic acids is 1. The Morgan fingerprint density at radius 1 is 1.32 bits per heavy atom. The number of nitrogens with one attached hydrogen (secondary N) is 1. The molecule has 0 unspecified atom stereocenters. The molecular formula is C17H23FN2O2. The first-order chi connectivity index (χ1) is 10.7. The Bertz CT molecular complexity index is 537. The van der Waals surface area contributed by atoms with E-state index in [1.165, 1.54) is 13.2 Å². The van der Waals surface area contributed by atoms with Crippen LogP contribution in [0.25, 0.3) is 0 Å². The second-order valence-corrected chi connectivity index (χ2v) is 6.30. The standard InChI is InChI=1S/C17H23FN2O2/c1-22-16-5-2-12(10-15(16)18)11-20-8-6-13(7-9-20)17(21)19-14-3-4-14/h2,5,10,13-14H,3-4,6-9,11H2,1H3,(H,19,21). The van der Waals surface area contributed by atoms with Crippen molar-refractivity contribution in [1.82, 2.24) is 10.2 Å². The largest absolute Gasteiger partial charge is 0.494 e. The van der Waals surface area contributed by atoms with Crippen molar-refractivity contribution in [2.45, 2.75) is 38.3 Å². The molecule has 1 amide bonds. The zero-order valence-corrected chi connectivity index (χ0v) is 13.0. The Morgan fingerprint density at radius 3 is 2.64 bits per heavy atom. The summed E-state index contributed by atoms with van der Waals surface area (Å²) in [7, 11) is 1.47. The summed E-state index contributed by atoms with van der Waals surface area (Å²) in [6.07, 6.45) is 4.04. The molecule has 4 nitrogen and oxygen atoms in total. The SMILES string of the molecule is COc1ccc(CN2CCC(C(=O)NC3CC3)CC2)cc1F. The molecule has 22 heavy (non-hydrogen) atoms. The van der Waals surface area contributed by atoms with Gasteiger partial charge in [0.1, 0.15) is 0 Å². The summed E-state index contributed by atoms with van der Waals surface area (Å²) in [6.45, 7) is 2.49. The predicted molar refractivity (Wildman–Crippen MR) is 82.1 cm³/mol. The quantitative estimate of drug-likeness (QED) is 0.908. The lowest BCUT2D eigenvalue weighted by Gasteiger charge is -2.31. The molecule has 3 rings (SSSR count). The molecular weight excluding hydrogens is 283 g/mol. The molecule has 1 N–H and O–H groups in total. The van der Waals surface area contributed by atoms with Gasteiger partial charge in [-0.1, -0.05) is 6.07 Å². The molecule has 1 saturated heterocycles. The van der Waals surface area contributed by atoms with Crippen molar-refractivity contribution in [2.75, 3.05) is 20.2 Å². The minimum Gasteiger partial charge on any atom is -0.494 e. The number of ether oxygens (including phenoxy) is 1. The first-order valence-electron chi connectivity index (χ1n) is 8.01. The minimum atomic E-state index is -0.321. The number of rotatable bonds is 5. The van der Waals surface area contributed by atoms with Gasteiger partial charge in [0.2, 0.25) is 5.91 Å². The maximum absolute atomic E-state index is 13.7. The van der Waals surface area contributed by atoms with Crippen molar-refractivity contribution >= 4 is 5.91 Å². The van der Waals surface area contributed by atoms with Crippen molar-refractivity contribution in [1.29, 1.82) is 0 Å². The number of benzene rings is 1. The van der Waals surface area contributed by atoms with E-state index in [9.17, 15) is 9.18 Å². The van der Waals surface area contributed by atoms with Crippen LogP contribution in [0.3, 0.4) is 0 Å². The lowest BCUT2D eigenvalue weighted by molar-refractivity contribution is -0.126. The van der Waals surface area contributed by atoms with Gasteiger partial charge in [-0.05, 0) is 56.5 Å². The lowest BCUT2D eigenvalue weighted by Crippen LogP contribution is -2.40. The highest BCUT2D eigenvalue weighted by Crippen LogP contribution is 2.24. The number of hydrogen-bond donors (Lipinski definition) is 1. The number of hydrogen-bond acceptors (Lipinski definition) is 3. The second kappa shape index (κ2) is 6.65. The van der Waals surface area contributed by atoms with Gasteiger partial charge in [0.25, 0.3) is 0 Å². The Labute approximate surface area is 130 Å². The van der Waals surface area contributed by atoms with Crippen LogP contribution in [0.1, 0.15) is 31.2 Å². The van der Waals surface area contributed by atoms with Gasteiger partial charge in [-0.15, -0.1) is 0 Å². The van der Waals surface area contributed by atoms with E-state index in [2.05, 4.69) is 10.2 Å². The van der Waals surface area contributed by atoms with Gasteiger partial charge in [-0.25, -0.2) is 4.39 Å². The number of amides is 1. The van der Waals surface area contributed by atoms with Crippen LogP contribution in [0.4, 0.5) is 4.39 Å². The topological polar surface area (TPSA) is 41.6 Å². The monoisotopic (exact) mass is 306 g/mol. The van der Waals surface area contributed by atoms with Crippen molar-refractivity contribution in [2.24, 2.45) is 5.92 Å². The van der Waals surface area contributed by atoms with Gasteiger partial charge in [0.15, 0.2) is 11.6 Å². The van der Waals surface area contributed by atoms with Crippen LogP contribution >= 0.6 is 0 Å². The van der Waals surface area contributed by atoms with Crippen LogP contribution in [0.5, 0.6) is 5.75 Å². The molecule has 5 heteroatoms. The molecule has 0 bridgehead atoms. The van der Waals surface area contributed by atoms with Crippen LogP contribution in [0, 0.1) is 11.7 Å². The molecule has 1 heterocycles. The van der Waals surface area contributed by atoms with Gasteiger partial charge in [0, 0.05) is 18.5 Å². The summed E-state index contributed by atoms with van der Waals surface area (Å²) >= 11 is 0. The molecule has 1 aromatic carbocycles. The van der Waals surface area contributed by atoms with E-state index in [0.717, 1.165) is 50.9 Å². The second-order valence-electron chi connectivity index (χ2n) is 6.30. The number of piperidine rings is 1. The van der Waals surface area contributed by atoms with E-state index in [1.54, 1.807) is 6.07 Å². The van der Waals surface area contributed by atoms with Crippen molar-refractivity contribution in [3.63, 3.8) is 0 Å². The van der Waals surface area contributed by atoms with E-state index in [1.807, 2.05) is 6.07 Å². The van der Waals surface area contributed by atoms with Crippen molar-refractivity contribution < 1.29 is 13.9 Å². The molecule has 2 aliphatic rings. The highest BCUT2D eigenvalue weighted by Gasteiger charge is 2.29. The fraction of sp³-hybridized carbons (Fsp3) is 0.588. The first-order valence-corrected chi connectivity index (χ1v) is 8.01.